The van der Waals surface area contributed by atoms with E-state index in [9.17, 15) is 0 Å². The second-order valence-electron chi connectivity index (χ2n) is 10.6. The summed E-state index contributed by atoms with van der Waals surface area (Å²) in [6.07, 6.45) is 3.75. The lowest BCUT2D eigenvalue weighted by atomic mass is 9.76. The van der Waals surface area contributed by atoms with Crippen LogP contribution in [0.15, 0.2) is 30.3 Å². The van der Waals surface area contributed by atoms with Crippen molar-refractivity contribution >= 4 is 8.32 Å². The summed E-state index contributed by atoms with van der Waals surface area (Å²) in [5.41, 5.74) is 1.66. The molecule has 0 aliphatic carbocycles. The van der Waals surface area contributed by atoms with E-state index in [1.165, 1.54) is 31.4 Å². The minimum atomic E-state index is -1.64. The fourth-order valence-electron chi connectivity index (χ4n) is 3.78. The molecule has 1 aromatic rings. The van der Waals surface area contributed by atoms with Crippen molar-refractivity contribution in [2.24, 2.45) is 5.92 Å². The second kappa shape index (κ2) is 8.16. The summed E-state index contributed by atoms with van der Waals surface area (Å²) in [5.74, 6) is 0.705. The molecule has 0 N–H and O–H groups in total. The van der Waals surface area contributed by atoms with Gasteiger partial charge in [-0.1, -0.05) is 65.0 Å². The summed E-state index contributed by atoms with van der Waals surface area (Å²) >= 11 is 0. The van der Waals surface area contributed by atoms with Gasteiger partial charge in [0.2, 0.25) is 0 Å². The Morgan fingerprint density at radius 1 is 1.08 bits per heavy atom. The minimum Gasteiger partial charge on any atom is -0.417 e. The Kier molecular flexibility index (Phi) is 6.80. The minimum absolute atomic E-state index is 0.211. The van der Waals surface area contributed by atoms with Gasteiger partial charge in [0, 0.05) is 12.6 Å². The molecule has 2 nitrogen and oxygen atoms in total. The van der Waals surface area contributed by atoms with Crippen molar-refractivity contribution in [2.45, 2.75) is 83.5 Å². The SMILES string of the molecule is CN1CCC(CO[Si](C)(C)C(C)(C)C)CC1CC(C)(C)c1ccccc1. The zero-order chi connectivity index (χ0) is 19.6. The Bertz CT molecular complexity index is 561. The van der Waals surface area contributed by atoms with Gasteiger partial charge >= 0.3 is 0 Å². The summed E-state index contributed by atoms with van der Waals surface area (Å²) in [6, 6.07) is 11.6. The molecule has 2 rings (SSSR count). The molecular weight excluding hydrogens is 334 g/mol. The highest BCUT2D eigenvalue weighted by molar-refractivity contribution is 6.74. The lowest BCUT2D eigenvalue weighted by Gasteiger charge is -2.43. The van der Waals surface area contributed by atoms with Crippen molar-refractivity contribution < 1.29 is 4.43 Å². The zero-order valence-corrected chi connectivity index (χ0v) is 19.4. The lowest BCUT2D eigenvalue weighted by Crippen LogP contribution is -2.46. The summed E-state index contributed by atoms with van der Waals surface area (Å²) in [6.45, 7) is 18.7. The molecule has 1 aromatic carbocycles. The van der Waals surface area contributed by atoms with E-state index in [-0.39, 0.29) is 5.41 Å². The number of hydrogen-bond acceptors (Lipinski definition) is 2. The van der Waals surface area contributed by atoms with Crippen LogP contribution in [0.1, 0.15) is 59.4 Å². The van der Waals surface area contributed by atoms with E-state index in [0.717, 1.165) is 6.61 Å². The molecule has 0 aromatic heterocycles. The van der Waals surface area contributed by atoms with Crippen LogP contribution in [0.25, 0.3) is 0 Å². The Morgan fingerprint density at radius 2 is 1.69 bits per heavy atom. The number of hydrogen-bond donors (Lipinski definition) is 0. The molecule has 0 bridgehead atoms. The molecule has 0 radical (unpaired) electrons. The molecule has 2 atom stereocenters. The maximum absolute atomic E-state index is 6.55. The third kappa shape index (κ3) is 5.43. The van der Waals surface area contributed by atoms with Crippen LogP contribution in [0, 0.1) is 5.92 Å². The van der Waals surface area contributed by atoms with Crippen LogP contribution >= 0.6 is 0 Å². The molecule has 148 valence electrons. The van der Waals surface area contributed by atoms with Gasteiger partial charge in [-0.3, -0.25) is 0 Å². The number of benzene rings is 1. The fraction of sp³-hybridized carbons (Fsp3) is 0.739. The van der Waals surface area contributed by atoms with Crippen molar-refractivity contribution in [3.8, 4) is 0 Å². The van der Waals surface area contributed by atoms with E-state index in [1.807, 2.05) is 0 Å². The van der Waals surface area contributed by atoms with Crippen molar-refractivity contribution in [3.63, 3.8) is 0 Å². The molecular formula is C23H41NOSi. The van der Waals surface area contributed by atoms with Crippen LogP contribution in [-0.4, -0.2) is 39.5 Å². The van der Waals surface area contributed by atoms with Crippen LogP contribution in [0.2, 0.25) is 18.1 Å². The monoisotopic (exact) mass is 375 g/mol. The zero-order valence-electron chi connectivity index (χ0n) is 18.4. The molecule has 1 aliphatic rings. The maximum atomic E-state index is 6.55. The van der Waals surface area contributed by atoms with Crippen LogP contribution in [-0.2, 0) is 9.84 Å². The van der Waals surface area contributed by atoms with Gasteiger partial charge in [-0.25, -0.2) is 0 Å². The van der Waals surface area contributed by atoms with Crippen molar-refractivity contribution in [1.29, 1.82) is 0 Å². The van der Waals surface area contributed by atoms with Gasteiger partial charge in [0.25, 0.3) is 0 Å². The molecule has 1 heterocycles. The first-order chi connectivity index (χ1) is 11.9. The number of piperidine rings is 1. The highest BCUT2D eigenvalue weighted by Crippen LogP contribution is 2.38. The van der Waals surface area contributed by atoms with E-state index >= 15 is 0 Å². The molecule has 0 saturated carbocycles. The third-order valence-corrected chi connectivity index (χ3v) is 11.4. The Morgan fingerprint density at radius 3 is 2.27 bits per heavy atom. The standard InChI is InChI=1S/C23H41NOSi/c1-22(2,3)26(7,8)25-18-19-14-15-24(6)21(16-19)17-23(4,5)20-12-10-9-11-13-20/h9-13,19,21H,14-18H2,1-8H3. The number of likely N-dealkylation sites (tertiary alicyclic amines) is 1. The quantitative estimate of drug-likeness (QED) is 0.558. The van der Waals surface area contributed by atoms with Crippen LogP contribution < -0.4 is 0 Å². The van der Waals surface area contributed by atoms with Crippen molar-refractivity contribution in [2.75, 3.05) is 20.2 Å². The lowest BCUT2D eigenvalue weighted by molar-refractivity contribution is 0.0874. The topological polar surface area (TPSA) is 12.5 Å². The van der Waals surface area contributed by atoms with Crippen molar-refractivity contribution in [3.05, 3.63) is 35.9 Å². The second-order valence-corrected chi connectivity index (χ2v) is 15.4. The van der Waals surface area contributed by atoms with Crippen LogP contribution in [0.3, 0.4) is 0 Å². The first-order valence-corrected chi connectivity index (χ1v) is 13.2. The first kappa shape index (κ1) is 21.7. The molecule has 0 amide bonds. The Hall–Kier alpha value is -0.643. The predicted octanol–water partition coefficient (Wildman–Crippen LogP) is 6.09. The first-order valence-electron chi connectivity index (χ1n) is 10.3. The van der Waals surface area contributed by atoms with Crippen molar-refractivity contribution in [1.82, 2.24) is 4.90 Å². The number of nitrogens with zero attached hydrogens (tertiary/aromatic N) is 1. The fourth-order valence-corrected chi connectivity index (χ4v) is 4.87. The normalized spacial score (nSPS) is 23.2. The average molecular weight is 376 g/mol. The van der Waals surface area contributed by atoms with Gasteiger partial charge in [-0.15, -0.1) is 0 Å². The van der Waals surface area contributed by atoms with Gasteiger partial charge in [0.15, 0.2) is 8.32 Å². The molecule has 0 spiro atoms. The maximum Gasteiger partial charge on any atom is 0.191 e. The smallest absolute Gasteiger partial charge is 0.191 e. The van der Waals surface area contributed by atoms with E-state index in [2.05, 4.69) is 90.0 Å². The summed E-state index contributed by atoms with van der Waals surface area (Å²) < 4.78 is 6.55. The summed E-state index contributed by atoms with van der Waals surface area (Å²) in [7, 11) is 0.661. The van der Waals surface area contributed by atoms with Crippen LogP contribution in [0.4, 0.5) is 0 Å². The summed E-state index contributed by atoms with van der Waals surface area (Å²) in [4.78, 5) is 2.58. The van der Waals surface area contributed by atoms with Gasteiger partial charge < -0.3 is 9.33 Å². The van der Waals surface area contributed by atoms with Gasteiger partial charge in [-0.2, -0.15) is 0 Å². The van der Waals surface area contributed by atoms with E-state index in [1.54, 1.807) is 0 Å². The Labute approximate surface area is 163 Å². The van der Waals surface area contributed by atoms with E-state index in [0.29, 0.717) is 17.0 Å². The summed E-state index contributed by atoms with van der Waals surface area (Å²) in [5, 5.41) is 0.299. The van der Waals surface area contributed by atoms with E-state index < -0.39 is 8.32 Å². The van der Waals surface area contributed by atoms with E-state index in [4.69, 9.17) is 4.43 Å². The molecule has 3 heteroatoms. The van der Waals surface area contributed by atoms with Crippen LogP contribution in [0.5, 0.6) is 0 Å². The predicted molar refractivity (Wildman–Crippen MR) is 116 cm³/mol. The average Bonchev–Trinajstić information content (AvgIpc) is 2.55. The molecule has 1 fully saturated rings. The molecule has 1 aliphatic heterocycles. The van der Waals surface area contributed by atoms with Gasteiger partial charge in [-0.05, 0) is 67.9 Å². The highest BCUT2D eigenvalue weighted by Gasteiger charge is 2.38. The highest BCUT2D eigenvalue weighted by atomic mass is 28.4. The van der Waals surface area contributed by atoms with Gasteiger partial charge in [0.1, 0.15) is 0 Å². The molecule has 1 saturated heterocycles. The number of rotatable bonds is 6. The Balaban J connectivity index is 1.98. The largest absolute Gasteiger partial charge is 0.417 e. The molecule has 2 unspecified atom stereocenters. The third-order valence-electron chi connectivity index (χ3n) is 6.91. The molecule has 26 heavy (non-hydrogen) atoms. The van der Waals surface area contributed by atoms with Gasteiger partial charge in [0.05, 0.1) is 0 Å².